The molecule has 170 valence electrons. The highest BCUT2D eigenvalue weighted by Gasteiger charge is 2.18. The van der Waals surface area contributed by atoms with Crippen LogP contribution in [0, 0.1) is 0 Å². The van der Waals surface area contributed by atoms with Crippen LogP contribution in [0.4, 0.5) is 0 Å². The van der Waals surface area contributed by atoms with E-state index in [2.05, 4.69) is 45.0 Å². The summed E-state index contributed by atoms with van der Waals surface area (Å²) in [6.45, 7) is 6.61. The molecule has 0 aliphatic rings. The molecule has 0 saturated heterocycles. The lowest BCUT2D eigenvalue weighted by atomic mass is 9.87. The van der Waals surface area contributed by atoms with Crippen molar-refractivity contribution in [2.24, 2.45) is 0 Å². The molecule has 0 radical (unpaired) electrons. The summed E-state index contributed by atoms with van der Waals surface area (Å²) in [4.78, 5) is 18.4. The molecule has 4 rings (SSSR count). The number of aromatic nitrogens is 2. The Morgan fingerprint density at radius 2 is 1.67 bits per heavy atom. The number of hydrogen-bond acceptors (Lipinski definition) is 5. The molecule has 0 fully saturated rings. The number of ether oxygens (including phenoxy) is 2. The Morgan fingerprint density at radius 3 is 2.33 bits per heavy atom. The van der Waals surface area contributed by atoms with E-state index in [-0.39, 0.29) is 11.0 Å². The third-order valence-corrected chi connectivity index (χ3v) is 6.57. The largest absolute Gasteiger partial charge is 0.497 e. The fourth-order valence-electron chi connectivity index (χ4n) is 3.64. The average molecular weight is 461 g/mol. The molecule has 5 nitrogen and oxygen atoms in total. The van der Waals surface area contributed by atoms with Crippen LogP contribution in [0.1, 0.15) is 31.9 Å². The van der Waals surface area contributed by atoms with Gasteiger partial charge in [0.25, 0.3) is 5.56 Å². The Morgan fingerprint density at radius 1 is 0.939 bits per heavy atom. The van der Waals surface area contributed by atoms with Gasteiger partial charge in [-0.2, -0.15) is 0 Å². The van der Waals surface area contributed by atoms with Gasteiger partial charge < -0.3 is 9.47 Å². The highest BCUT2D eigenvalue weighted by atomic mass is 32.2. The first-order valence-corrected chi connectivity index (χ1v) is 11.8. The molecule has 0 unspecified atom stereocenters. The Kier molecular flexibility index (Phi) is 6.47. The predicted octanol–water partition coefficient (Wildman–Crippen LogP) is 5.99. The predicted molar refractivity (Wildman–Crippen MR) is 135 cm³/mol. The van der Waals surface area contributed by atoms with Crippen molar-refractivity contribution in [3.05, 3.63) is 88.2 Å². The second kappa shape index (κ2) is 9.32. The summed E-state index contributed by atoms with van der Waals surface area (Å²) in [5.41, 5.74) is 3.70. The highest BCUT2D eigenvalue weighted by molar-refractivity contribution is 7.98. The van der Waals surface area contributed by atoms with Crippen molar-refractivity contribution in [2.45, 2.75) is 37.1 Å². The van der Waals surface area contributed by atoms with Crippen molar-refractivity contribution in [1.82, 2.24) is 9.55 Å². The molecule has 0 saturated carbocycles. The molecule has 3 aromatic carbocycles. The van der Waals surface area contributed by atoms with Crippen LogP contribution in [0.3, 0.4) is 0 Å². The molecule has 4 aromatic rings. The minimum atomic E-state index is -0.141. The minimum Gasteiger partial charge on any atom is -0.497 e. The van der Waals surface area contributed by atoms with E-state index in [1.807, 2.05) is 24.3 Å². The van der Waals surface area contributed by atoms with Gasteiger partial charge in [-0.25, -0.2) is 4.98 Å². The fraction of sp³-hybridized carbons (Fsp3) is 0.259. The van der Waals surface area contributed by atoms with Crippen molar-refractivity contribution in [3.8, 4) is 17.2 Å². The number of fused-ring (bicyclic) bond motifs is 1. The number of thioether (sulfide) groups is 1. The topological polar surface area (TPSA) is 53.4 Å². The molecular formula is C27H28N2O3S. The molecule has 6 heteroatoms. The fourth-order valence-corrected chi connectivity index (χ4v) is 4.60. The molecule has 0 aliphatic heterocycles. The van der Waals surface area contributed by atoms with Gasteiger partial charge in [-0.1, -0.05) is 68.9 Å². The maximum absolute atomic E-state index is 13.6. The SMILES string of the molecule is COc1ccc(OC)c(-n2c(SCc3ccc(C(C)(C)C)cc3)nc3ccccc3c2=O)c1. The molecule has 0 bridgehead atoms. The Balaban J connectivity index is 1.80. The molecule has 0 N–H and O–H groups in total. The lowest BCUT2D eigenvalue weighted by Gasteiger charge is -2.19. The van der Waals surface area contributed by atoms with Gasteiger partial charge in [-0.15, -0.1) is 0 Å². The lowest BCUT2D eigenvalue weighted by molar-refractivity contribution is 0.400. The van der Waals surface area contributed by atoms with Gasteiger partial charge in [0.15, 0.2) is 5.16 Å². The van der Waals surface area contributed by atoms with E-state index < -0.39 is 0 Å². The molecule has 33 heavy (non-hydrogen) atoms. The maximum atomic E-state index is 13.6. The zero-order chi connectivity index (χ0) is 23.6. The van der Waals surface area contributed by atoms with Crippen LogP contribution in [0.5, 0.6) is 11.5 Å². The van der Waals surface area contributed by atoms with Gasteiger partial charge in [0.2, 0.25) is 0 Å². The third kappa shape index (κ3) is 4.76. The number of benzene rings is 3. The first-order chi connectivity index (χ1) is 15.8. The Bertz CT molecular complexity index is 1340. The second-order valence-corrected chi connectivity index (χ2v) is 9.77. The minimum absolute atomic E-state index is 0.106. The van der Waals surface area contributed by atoms with Crippen molar-refractivity contribution in [1.29, 1.82) is 0 Å². The normalized spacial score (nSPS) is 11.5. The van der Waals surface area contributed by atoms with E-state index in [0.29, 0.717) is 39.0 Å². The van der Waals surface area contributed by atoms with Gasteiger partial charge in [-0.3, -0.25) is 9.36 Å². The van der Waals surface area contributed by atoms with E-state index >= 15 is 0 Å². The standard InChI is InChI=1S/C27H28N2O3S/c1-27(2,3)19-12-10-18(11-13-19)17-33-26-28-22-9-7-6-8-21(22)25(30)29(26)23-16-20(31-4)14-15-24(23)32-5/h6-16H,17H2,1-5H3. The van der Waals surface area contributed by atoms with Crippen molar-refractivity contribution >= 4 is 22.7 Å². The van der Waals surface area contributed by atoms with E-state index in [1.165, 1.54) is 22.9 Å². The zero-order valence-corrected chi connectivity index (χ0v) is 20.4. The maximum Gasteiger partial charge on any atom is 0.266 e. The number of para-hydroxylation sites is 1. The van der Waals surface area contributed by atoms with Crippen LogP contribution < -0.4 is 15.0 Å². The van der Waals surface area contributed by atoms with Crippen LogP contribution in [0.25, 0.3) is 16.6 Å². The summed E-state index contributed by atoms with van der Waals surface area (Å²) in [7, 11) is 3.19. The zero-order valence-electron chi connectivity index (χ0n) is 19.6. The highest BCUT2D eigenvalue weighted by Crippen LogP contribution is 2.32. The number of rotatable bonds is 6. The van der Waals surface area contributed by atoms with Crippen LogP contribution >= 0.6 is 11.8 Å². The van der Waals surface area contributed by atoms with Crippen molar-refractivity contribution < 1.29 is 9.47 Å². The molecule has 1 heterocycles. The number of hydrogen-bond donors (Lipinski definition) is 0. The molecule has 1 aromatic heterocycles. The summed E-state index contributed by atoms with van der Waals surface area (Å²) in [6, 6.07) is 21.4. The molecule has 0 spiro atoms. The lowest BCUT2D eigenvalue weighted by Crippen LogP contribution is -2.22. The third-order valence-electron chi connectivity index (χ3n) is 5.56. The number of methoxy groups -OCH3 is 2. The quantitative estimate of drug-likeness (QED) is 0.261. The second-order valence-electron chi connectivity index (χ2n) is 8.83. The van der Waals surface area contributed by atoms with Gasteiger partial charge in [0, 0.05) is 11.8 Å². The van der Waals surface area contributed by atoms with Crippen LogP contribution in [-0.4, -0.2) is 23.8 Å². The Labute approximate surface area is 198 Å². The summed E-state index contributed by atoms with van der Waals surface area (Å²) in [6.07, 6.45) is 0. The van der Waals surface area contributed by atoms with E-state index in [9.17, 15) is 4.79 Å². The van der Waals surface area contributed by atoms with Crippen molar-refractivity contribution in [3.63, 3.8) is 0 Å². The van der Waals surface area contributed by atoms with Crippen molar-refractivity contribution in [2.75, 3.05) is 14.2 Å². The van der Waals surface area contributed by atoms with Crippen LogP contribution in [0.15, 0.2) is 76.7 Å². The van der Waals surface area contributed by atoms with E-state index in [1.54, 1.807) is 37.0 Å². The summed E-state index contributed by atoms with van der Waals surface area (Å²) in [5.74, 6) is 1.90. The van der Waals surface area contributed by atoms with Gasteiger partial charge in [0.1, 0.15) is 11.5 Å². The van der Waals surface area contributed by atoms with Gasteiger partial charge in [0.05, 0.1) is 30.8 Å². The summed E-state index contributed by atoms with van der Waals surface area (Å²) < 4.78 is 12.6. The summed E-state index contributed by atoms with van der Waals surface area (Å²) in [5, 5.41) is 1.16. The first kappa shape index (κ1) is 22.9. The van der Waals surface area contributed by atoms with E-state index in [0.717, 1.165) is 0 Å². The molecular weight excluding hydrogens is 432 g/mol. The smallest absolute Gasteiger partial charge is 0.266 e. The monoisotopic (exact) mass is 460 g/mol. The first-order valence-electron chi connectivity index (χ1n) is 10.8. The van der Waals surface area contributed by atoms with E-state index in [4.69, 9.17) is 14.5 Å². The van der Waals surface area contributed by atoms with Crippen LogP contribution in [-0.2, 0) is 11.2 Å². The molecule has 0 atom stereocenters. The van der Waals surface area contributed by atoms with Gasteiger partial charge >= 0.3 is 0 Å². The average Bonchev–Trinajstić information content (AvgIpc) is 2.82. The summed E-state index contributed by atoms with van der Waals surface area (Å²) >= 11 is 1.53. The Hall–Kier alpha value is -3.25. The van der Waals surface area contributed by atoms with Gasteiger partial charge in [-0.05, 0) is 40.8 Å². The number of nitrogens with zero attached hydrogens (tertiary/aromatic N) is 2. The molecule has 0 amide bonds. The van der Waals surface area contributed by atoms with Crippen LogP contribution in [0.2, 0.25) is 0 Å². The molecule has 0 aliphatic carbocycles.